The van der Waals surface area contributed by atoms with Gasteiger partial charge < -0.3 is 9.64 Å². The van der Waals surface area contributed by atoms with Gasteiger partial charge in [0.2, 0.25) is 5.91 Å². The highest BCUT2D eigenvalue weighted by Crippen LogP contribution is 2.32. The number of anilines is 1. The van der Waals surface area contributed by atoms with Crippen LogP contribution in [0.1, 0.15) is 30.9 Å². The van der Waals surface area contributed by atoms with E-state index >= 15 is 0 Å². The van der Waals surface area contributed by atoms with Crippen molar-refractivity contribution in [3.8, 4) is 11.4 Å². The summed E-state index contributed by atoms with van der Waals surface area (Å²) in [6.45, 7) is 6.98. The maximum Gasteiger partial charge on any atom is 0.264 e. The fourth-order valence-corrected chi connectivity index (χ4v) is 4.07. The molecule has 8 nitrogen and oxygen atoms in total. The van der Waals surface area contributed by atoms with E-state index in [9.17, 15) is 9.59 Å². The highest BCUT2D eigenvalue weighted by atomic mass is 16.5. The zero-order chi connectivity index (χ0) is 23.1. The number of carbonyl (C=O) groups excluding carboxylic acids is 1. The van der Waals surface area contributed by atoms with E-state index in [2.05, 4.69) is 36.1 Å². The van der Waals surface area contributed by atoms with Crippen molar-refractivity contribution in [3.05, 3.63) is 76.5 Å². The first-order valence-corrected chi connectivity index (χ1v) is 11.0. The van der Waals surface area contributed by atoms with Gasteiger partial charge in [-0.25, -0.2) is 9.67 Å². The van der Waals surface area contributed by atoms with E-state index in [0.717, 1.165) is 16.9 Å². The summed E-state index contributed by atoms with van der Waals surface area (Å²) in [5.41, 5.74) is 3.99. The fraction of sp³-hybridized carbons (Fsp3) is 0.280. The number of benzene rings is 2. The SMILES string of the molecule is Cc1ccc2c(c1)N(C(=O)Cn1cnc3c(cnn3-c3ccc(C(C)C)cc3)c1=O)CCO2. The standard InChI is InChI=1S/C25H25N5O3/c1-16(2)18-5-7-19(8-6-18)30-24-20(13-27-30)25(32)28(15-26-24)14-23(31)29-10-11-33-22-9-4-17(3)12-21(22)29/h4-9,12-13,15-16H,10-11,14H2,1-3H3. The number of aryl methyl sites for hydroxylation is 1. The van der Waals surface area contributed by atoms with E-state index in [0.29, 0.717) is 35.9 Å². The number of rotatable bonds is 4. The molecule has 1 aliphatic heterocycles. The second-order valence-electron chi connectivity index (χ2n) is 8.58. The minimum absolute atomic E-state index is 0.108. The molecule has 8 heteroatoms. The molecule has 0 N–H and O–H groups in total. The van der Waals surface area contributed by atoms with Crippen LogP contribution in [0.5, 0.6) is 5.75 Å². The van der Waals surface area contributed by atoms with Crippen LogP contribution in [0.2, 0.25) is 0 Å². The molecule has 1 aliphatic rings. The first kappa shape index (κ1) is 20.9. The van der Waals surface area contributed by atoms with Gasteiger partial charge in [-0.3, -0.25) is 14.2 Å². The highest BCUT2D eigenvalue weighted by molar-refractivity contribution is 5.95. The summed E-state index contributed by atoms with van der Waals surface area (Å²) in [6.07, 6.45) is 2.93. The van der Waals surface area contributed by atoms with Crippen molar-refractivity contribution in [1.29, 1.82) is 0 Å². The summed E-state index contributed by atoms with van der Waals surface area (Å²) in [6, 6.07) is 13.8. The number of fused-ring (bicyclic) bond motifs is 2. The number of hydrogen-bond acceptors (Lipinski definition) is 5. The molecule has 4 aromatic rings. The topological polar surface area (TPSA) is 82.3 Å². The molecule has 0 spiro atoms. The second-order valence-corrected chi connectivity index (χ2v) is 8.58. The van der Waals surface area contributed by atoms with Crippen LogP contribution in [0.4, 0.5) is 5.69 Å². The van der Waals surface area contributed by atoms with Crippen molar-refractivity contribution in [2.24, 2.45) is 0 Å². The number of carbonyl (C=O) groups is 1. The molecule has 0 saturated heterocycles. The van der Waals surface area contributed by atoms with Gasteiger partial charge in [-0.15, -0.1) is 0 Å². The molecule has 0 bridgehead atoms. The molecule has 2 aromatic heterocycles. The van der Waals surface area contributed by atoms with Crippen LogP contribution in [-0.2, 0) is 11.3 Å². The summed E-state index contributed by atoms with van der Waals surface area (Å²) in [7, 11) is 0. The Kier molecular flexibility index (Phi) is 5.20. The van der Waals surface area contributed by atoms with E-state index < -0.39 is 0 Å². The summed E-state index contributed by atoms with van der Waals surface area (Å²) in [5, 5.41) is 4.75. The van der Waals surface area contributed by atoms with Crippen LogP contribution in [-0.4, -0.2) is 38.4 Å². The maximum atomic E-state index is 13.1. The Labute approximate surface area is 191 Å². The molecule has 33 heavy (non-hydrogen) atoms. The molecule has 1 amide bonds. The second kappa shape index (κ2) is 8.20. The Hall–Kier alpha value is -3.94. The molecule has 168 valence electrons. The molecule has 5 rings (SSSR count). The lowest BCUT2D eigenvalue weighted by molar-refractivity contribution is -0.119. The third-order valence-electron chi connectivity index (χ3n) is 5.94. The quantitative estimate of drug-likeness (QED) is 0.483. The van der Waals surface area contributed by atoms with Crippen LogP contribution in [0.25, 0.3) is 16.7 Å². The van der Waals surface area contributed by atoms with Gasteiger partial charge in [0, 0.05) is 0 Å². The van der Waals surface area contributed by atoms with E-state index in [1.807, 2.05) is 37.3 Å². The number of aromatic nitrogens is 4. The molecule has 0 radical (unpaired) electrons. The van der Waals surface area contributed by atoms with Crippen molar-refractivity contribution in [3.63, 3.8) is 0 Å². The van der Waals surface area contributed by atoms with Gasteiger partial charge in [0.25, 0.3) is 5.56 Å². The van der Waals surface area contributed by atoms with Gasteiger partial charge in [0.1, 0.15) is 30.6 Å². The molecule has 0 saturated carbocycles. The summed E-state index contributed by atoms with van der Waals surface area (Å²) in [4.78, 5) is 32.3. The number of amides is 1. The first-order chi connectivity index (χ1) is 15.9. The minimum Gasteiger partial charge on any atom is -0.490 e. The van der Waals surface area contributed by atoms with Crippen molar-refractivity contribution in [1.82, 2.24) is 19.3 Å². The van der Waals surface area contributed by atoms with Crippen LogP contribution in [0, 0.1) is 6.92 Å². The zero-order valence-electron chi connectivity index (χ0n) is 18.9. The third kappa shape index (κ3) is 3.77. The maximum absolute atomic E-state index is 13.1. The Morgan fingerprint density at radius 2 is 1.94 bits per heavy atom. The normalized spacial score (nSPS) is 13.3. The largest absolute Gasteiger partial charge is 0.490 e. The highest BCUT2D eigenvalue weighted by Gasteiger charge is 2.24. The molecule has 0 unspecified atom stereocenters. The van der Waals surface area contributed by atoms with Gasteiger partial charge in [-0.1, -0.05) is 32.0 Å². The predicted molar refractivity (Wildman–Crippen MR) is 126 cm³/mol. The van der Waals surface area contributed by atoms with E-state index in [4.69, 9.17) is 4.74 Å². The van der Waals surface area contributed by atoms with Crippen LogP contribution in [0.15, 0.2) is 59.8 Å². The summed E-state index contributed by atoms with van der Waals surface area (Å²) >= 11 is 0. The Morgan fingerprint density at radius 1 is 1.15 bits per heavy atom. The van der Waals surface area contributed by atoms with E-state index in [1.165, 1.54) is 22.7 Å². The van der Waals surface area contributed by atoms with Gasteiger partial charge in [-0.2, -0.15) is 5.10 Å². The molecular weight excluding hydrogens is 418 g/mol. The van der Waals surface area contributed by atoms with Gasteiger partial charge >= 0.3 is 0 Å². The van der Waals surface area contributed by atoms with Crippen LogP contribution < -0.4 is 15.2 Å². The van der Waals surface area contributed by atoms with Gasteiger partial charge in [0.15, 0.2) is 5.65 Å². The molecule has 0 atom stereocenters. The third-order valence-corrected chi connectivity index (χ3v) is 5.94. The zero-order valence-corrected chi connectivity index (χ0v) is 18.9. The number of ether oxygens (including phenoxy) is 1. The van der Waals surface area contributed by atoms with Crippen molar-refractivity contribution in [2.45, 2.75) is 33.2 Å². The lowest BCUT2D eigenvalue weighted by Crippen LogP contribution is -2.41. The van der Waals surface area contributed by atoms with Crippen LogP contribution >= 0.6 is 0 Å². The lowest BCUT2D eigenvalue weighted by Gasteiger charge is -2.30. The van der Waals surface area contributed by atoms with E-state index in [1.54, 1.807) is 9.58 Å². The number of nitrogens with zero attached hydrogens (tertiary/aromatic N) is 5. The van der Waals surface area contributed by atoms with Crippen molar-refractivity contribution in [2.75, 3.05) is 18.1 Å². The lowest BCUT2D eigenvalue weighted by atomic mass is 10.0. The Balaban J connectivity index is 1.44. The van der Waals surface area contributed by atoms with E-state index in [-0.39, 0.29) is 18.0 Å². The molecule has 0 aliphatic carbocycles. The molecule has 0 fully saturated rings. The molecular formula is C25H25N5O3. The number of hydrogen-bond donors (Lipinski definition) is 0. The fourth-order valence-electron chi connectivity index (χ4n) is 4.07. The molecule has 3 heterocycles. The smallest absolute Gasteiger partial charge is 0.264 e. The Morgan fingerprint density at radius 3 is 2.70 bits per heavy atom. The average molecular weight is 444 g/mol. The summed E-state index contributed by atoms with van der Waals surface area (Å²) < 4.78 is 8.65. The molecule has 2 aromatic carbocycles. The monoisotopic (exact) mass is 443 g/mol. The average Bonchev–Trinajstić information content (AvgIpc) is 3.25. The van der Waals surface area contributed by atoms with Crippen LogP contribution in [0.3, 0.4) is 0 Å². The minimum atomic E-state index is -0.295. The Bertz CT molecular complexity index is 1400. The van der Waals surface area contributed by atoms with Gasteiger partial charge in [0.05, 0.1) is 24.1 Å². The summed E-state index contributed by atoms with van der Waals surface area (Å²) in [5.74, 6) is 0.912. The first-order valence-electron chi connectivity index (χ1n) is 11.0. The van der Waals surface area contributed by atoms with Gasteiger partial charge in [-0.05, 0) is 48.2 Å². The van der Waals surface area contributed by atoms with Crippen molar-refractivity contribution < 1.29 is 9.53 Å². The predicted octanol–water partition coefficient (Wildman–Crippen LogP) is 3.44. The van der Waals surface area contributed by atoms with Crippen molar-refractivity contribution >= 4 is 22.6 Å².